The van der Waals surface area contributed by atoms with E-state index in [1.165, 1.54) is 0 Å². The first-order valence-corrected chi connectivity index (χ1v) is 4.88. The Hall–Kier alpha value is -0.740. The van der Waals surface area contributed by atoms with Crippen molar-refractivity contribution in [2.45, 2.75) is 31.5 Å². The van der Waals surface area contributed by atoms with Gasteiger partial charge in [-0.2, -0.15) is 13.2 Å². The molecular weight excluding hydrogens is 195 g/mol. The topological polar surface area (TPSA) is 21.6 Å². The van der Waals surface area contributed by atoms with Crippen LogP contribution in [0.2, 0.25) is 0 Å². The fraction of sp³-hybridized carbons (Fsp3) is 0.889. The van der Waals surface area contributed by atoms with Crippen molar-refractivity contribution < 1.29 is 18.0 Å². The molecule has 4 atom stereocenters. The molecule has 2 saturated carbocycles. The Morgan fingerprint density at radius 2 is 1.93 bits per heavy atom. The molecule has 0 N–H and O–H groups in total. The number of fused-ring (bicyclic) bond motifs is 5. The summed E-state index contributed by atoms with van der Waals surface area (Å²) in [5, 5.41) is 3.22. The summed E-state index contributed by atoms with van der Waals surface area (Å²) in [5.74, 6) is 0.00947. The maximum Gasteiger partial charge on any atom is 0.433 e. The zero-order chi connectivity index (χ0) is 9.92. The summed E-state index contributed by atoms with van der Waals surface area (Å²) in [5.41, 5.74) is -0.672. The predicted molar refractivity (Wildman–Crippen MR) is 42.7 cm³/mol. The van der Waals surface area contributed by atoms with E-state index >= 15 is 0 Å². The molecule has 1 heterocycles. The standard InChI is InChI=1S/C9H10F3NO/c10-9(11,12)8-6-4-1-2-5(3-4)7(6)14-13-8/h4-7H,1-3H2/t4-,5-,6+,7-/m0/s1. The Kier molecular flexibility index (Phi) is 1.49. The third-order valence-corrected chi connectivity index (χ3v) is 3.72. The van der Waals surface area contributed by atoms with Gasteiger partial charge >= 0.3 is 6.18 Å². The van der Waals surface area contributed by atoms with Crippen LogP contribution in [0.5, 0.6) is 0 Å². The minimum Gasteiger partial charge on any atom is -0.391 e. The van der Waals surface area contributed by atoms with Gasteiger partial charge < -0.3 is 4.84 Å². The molecule has 2 bridgehead atoms. The van der Waals surface area contributed by atoms with Crippen molar-refractivity contribution >= 4 is 5.71 Å². The molecule has 0 aromatic heterocycles. The van der Waals surface area contributed by atoms with E-state index in [1.54, 1.807) is 0 Å². The van der Waals surface area contributed by atoms with Gasteiger partial charge in [0.25, 0.3) is 0 Å². The molecule has 78 valence electrons. The van der Waals surface area contributed by atoms with Gasteiger partial charge in [-0.05, 0) is 31.1 Å². The number of oxime groups is 1. The van der Waals surface area contributed by atoms with Crippen molar-refractivity contribution in [1.29, 1.82) is 0 Å². The molecule has 5 heteroatoms. The SMILES string of the molecule is FC(F)(F)C1=NO[C@H]2[C@H]3CC[C@@H](C3)[C@@H]12. The van der Waals surface area contributed by atoms with Crippen LogP contribution in [-0.2, 0) is 4.84 Å². The molecule has 0 aromatic carbocycles. The molecule has 0 amide bonds. The lowest BCUT2D eigenvalue weighted by Gasteiger charge is -2.23. The van der Waals surface area contributed by atoms with E-state index in [1.807, 2.05) is 0 Å². The maximum absolute atomic E-state index is 12.5. The van der Waals surface area contributed by atoms with Gasteiger partial charge in [-0.3, -0.25) is 0 Å². The molecule has 3 rings (SSSR count). The van der Waals surface area contributed by atoms with E-state index < -0.39 is 17.8 Å². The van der Waals surface area contributed by atoms with E-state index in [9.17, 15) is 13.2 Å². The molecule has 2 aliphatic carbocycles. The van der Waals surface area contributed by atoms with E-state index in [0.29, 0.717) is 5.92 Å². The highest BCUT2D eigenvalue weighted by atomic mass is 19.4. The van der Waals surface area contributed by atoms with Crippen LogP contribution in [0.25, 0.3) is 0 Å². The predicted octanol–water partition coefficient (Wildman–Crippen LogP) is 2.35. The number of hydrogen-bond acceptors (Lipinski definition) is 2. The summed E-state index contributed by atoms with van der Waals surface area (Å²) >= 11 is 0. The quantitative estimate of drug-likeness (QED) is 0.594. The van der Waals surface area contributed by atoms with E-state index in [4.69, 9.17) is 4.84 Å². The van der Waals surface area contributed by atoms with Crippen LogP contribution in [0, 0.1) is 17.8 Å². The Labute approximate surface area is 79.1 Å². The molecule has 2 fully saturated rings. The normalized spacial score (nSPS) is 44.9. The Morgan fingerprint density at radius 3 is 2.64 bits per heavy atom. The number of nitrogens with zero attached hydrogens (tertiary/aromatic N) is 1. The Morgan fingerprint density at radius 1 is 1.21 bits per heavy atom. The van der Waals surface area contributed by atoms with Crippen molar-refractivity contribution in [1.82, 2.24) is 0 Å². The summed E-state index contributed by atoms with van der Waals surface area (Å²) in [6, 6.07) is 0. The average molecular weight is 205 g/mol. The molecule has 1 aliphatic heterocycles. The smallest absolute Gasteiger partial charge is 0.391 e. The Balaban J connectivity index is 1.91. The van der Waals surface area contributed by atoms with Crippen LogP contribution < -0.4 is 0 Å². The van der Waals surface area contributed by atoms with Crippen molar-refractivity contribution in [3.63, 3.8) is 0 Å². The zero-order valence-electron chi connectivity index (χ0n) is 7.42. The molecule has 0 aromatic rings. The number of halogens is 3. The van der Waals surface area contributed by atoms with Gasteiger partial charge in [-0.15, -0.1) is 0 Å². The first-order valence-electron chi connectivity index (χ1n) is 4.88. The van der Waals surface area contributed by atoms with Gasteiger partial charge in [0, 0.05) is 0 Å². The van der Waals surface area contributed by atoms with Gasteiger partial charge in [-0.25, -0.2) is 0 Å². The summed E-state index contributed by atoms with van der Waals surface area (Å²) in [7, 11) is 0. The highest BCUT2D eigenvalue weighted by molar-refractivity contribution is 5.93. The van der Waals surface area contributed by atoms with Crippen LogP contribution in [0.4, 0.5) is 13.2 Å². The average Bonchev–Trinajstić information content (AvgIpc) is 2.74. The van der Waals surface area contributed by atoms with Crippen LogP contribution in [0.1, 0.15) is 19.3 Å². The zero-order valence-corrected chi connectivity index (χ0v) is 7.42. The van der Waals surface area contributed by atoms with Crippen molar-refractivity contribution in [3.05, 3.63) is 0 Å². The monoisotopic (exact) mass is 205 g/mol. The summed E-state index contributed by atoms with van der Waals surface area (Å²) in [6.45, 7) is 0. The van der Waals surface area contributed by atoms with Crippen LogP contribution in [0.3, 0.4) is 0 Å². The minimum absolute atomic E-state index is 0.160. The third-order valence-electron chi connectivity index (χ3n) is 3.72. The second kappa shape index (κ2) is 2.44. The fourth-order valence-electron chi connectivity index (χ4n) is 3.19. The minimum atomic E-state index is -4.30. The number of hydrogen-bond donors (Lipinski definition) is 0. The molecule has 0 unspecified atom stereocenters. The summed E-state index contributed by atoms with van der Waals surface area (Å²) in [4.78, 5) is 4.92. The van der Waals surface area contributed by atoms with E-state index in [-0.39, 0.29) is 12.0 Å². The lowest BCUT2D eigenvalue weighted by atomic mass is 9.83. The van der Waals surface area contributed by atoms with Crippen LogP contribution >= 0.6 is 0 Å². The van der Waals surface area contributed by atoms with Crippen LogP contribution in [-0.4, -0.2) is 18.0 Å². The van der Waals surface area contributed by atoms with Crippen LogP contribution in [0.15, 0.2) is 5.16 Å². The van der Waals surface area contributed by atoms with Crippen molar-refractivity contribution in [2.75, 3.05) is 0 Å². The molecular formula is C9H10F3NO. The molecule has 14 heavy (non-hydrogen) atoms. The van der Waals surface area contributed by atoms with Crippen molar-refractivity contribution in [2.24, 2.45) is 22.9 Å². The molecule has 0 radical (unpaired) electrons. The van der Waals surface area contributed by atoms with Gasteiger partial charge in [0.15, 0.2) is 5.71 Å². The molecule has 3 aliphatic rings. The van der Waals surface area contributed by atoms with E-state index in [0.717, 1.165) is 19.3 Å². The third kappa shape index (κ3) is 0.953. The van der Waals surface area contributed by atoms with Gasteiger partial charge in [-0.1, -0.05) is 5.16 Å². The number of alkyl halides is 3. The highest BCUT2D eigenvalue weighted by Crippen LogP contribution is 2.54. The van der Waals surface area contributed by atoms with Gasteiger partial charge in [0.2, 0.25) is 0 Å². The lowest BCUT2D eigenvalue weighted by molar-refractivity contribution is -0.0633. The second-order valence-electron chi connectivity index (χ2n) is 4.40. The van der Waals surface area contributed by atoms with Gasteiger partial charge in [0.1, 0.15) is 6.10 Å². The number of rotatable bonds is 0. The maximum atomic E-state index is 12.5. The van der Waals surface area contributed by atoms with Gasteiger partial charge in [0.05, 0.1) is 5.92 Å². The molecule has 2 nitrogen and oxygen atoms in total. The first kappa shape index (κ1) is 8.56. The molecule has 0 spiro atoms. The fourth-order valence-corrected chi connectivity index (χ4v) is 3.19. The Bertz CT molecular complexity index is 299. The lowest BCUT2D eigenvalue weighted by Crippen LogP contribution is -2.36. The summed E-state index contributed by atoms with van der Waals surface area (Å²) < 4.78 is 37.5. The van der Waals surface area contributed by atoms with E-state index in [2.05, 4.69) is 5.16 Å². The first-order chi connectivity index (χ1) is 6.57. The second-order valence-corrected chi connectivity index (χ2v) is 4.40. The summed E-state index contributed by atoms with van der Waals surface area (Å²) in [6.07, 6.45) is -1.77. The highest BCUT2D eigenvalue weighted by Gasteiger charge is 2.60. The largest absolute Gasteiger partial charge is 0.433 e. The molecule has 0 saturated heterocycles. The van der Waals surface area contributed by atoms with Crippen molar-refractivity contribution in [3.8, 4) is 0 Å².